The number of alkyl carbamates (subject to hydrolysis) is 1. The zero-order valence-electron chi connectivity index (χ0n) is 12.5. The number of ether oxygens (including phenoxy) is 3. The van der Waals surface area contributed by atoms with E-state index in [0.717, 1.165) is 17.6 Å². The molecule has 0 radical (unpaired) electrons. The molecule has 6 nitrogen and oxygen atoms in total. The van der Waals surface area contributed by atoms with Crippen LogP contribution in [0.4, 0.5) is 4.79 Å². The third-order valence-electron chi connectivity index (χ3n) is 3.23. The van der Waals surface area contributed by atoms with E-state index in [9.17, 15) is 9.59 Å². The van der Waals surface area contributed by atoms with Crippen LogP contribution in [-0.4, -0.2) is 32.4 Å². The second-order valence-corrected chi connectivity index (χ2v) is 4.81. The van der Waals surface area contributed by atoms with Crippen molar-refractivity contribution in [2.45, 2.75) is 19.4 Å². The fourth-order valence-corrected chi connectivity index (χ4v) is 2.10. The molecule has 118 valence electrons. The standard InChI is InChI=1S/C16H19NO5/c1-20-15(18)14(13-8-5-9-21-11-13)17-16(19)22-10-12-6-3-2-4-7-12/h2-4,6-7H,5,8-11H2,1H3,(H,17,19)/b14-13-. The van der Waals surface area contributed by atoms with Crippen LogP contribution in [0.3, 0.4) is 0 Å². The number of hydrogen-bond donors (Lipinski definition) is 1. The number of esters is 1. The Morgan fingerprint density at radius 3 is 2.68 bits per heavy atom. The number of benzene rings is 1. The lowest BCUT2D eigenvalue weighted by Crippen LogP contribution is -2.31. The number of nitrogens with one attached hydrogen (secondary N) is 1. The first-order valence-electron chi connectivity index (χ1n) is 7.06. The smallest absolute Gasteiger partial charge is 0.412 e. The second kappa shape index (κ2) is 8.19. The van der Waals surface area contributed by atoms with Gasteiger partial charge in [-0.15, -0.1) is 0 Å². The van der Waals surface area contributed by atoms with E-state index in [-0.39, 0.29) is 12.3 Å². The van der Waals surface area contributed by atoms with Gasteiger partial charge in [-0.25, -0.2) is 9.59 Å². The van der Waals surface area contributed by atoms with Crippen molar-refractivity contribution in [3.8, 4) is 0 Å². The molecule has 1 aliphatic heterocycles. The summed E-state index contributed by atoms with van der Waals surface area (Å²) in [6.07, 6.45) is 0.794. The molecule has 0 unspecified atom stereocenters. The fourth-order valence-electron chi connectivity index (χ4n) is 2.10. The van der Waals surface area contributed by atoms with E-state index in [4.69, 9.17) is 14.2 Å². The molecule has 0 bridgehead atoms. The minimum Gasteiger partial charge on any atom is -0.464 e. The van der Waals surface area contributed by atoms with Gasteiger partial charge in [0, 0.05) is 6.61 Å². The van der Waals surface area contributed by atoms with Gasteiger partial charge >= 0.3 is 12.1 Å². The van der Waals surface area contributed by atoms with Crippen molar-refractivity contribution in [3.05, 3.63) is 47.2 Å². The van der Waals surface area contributed by atoms with Gasteiger partial charge < -0.3 is 14.2 Å². The zero-order chi connectivity index (χ0) is 15.8. The Morgan fingerprint density at radius 1 is 1.27 bits per heavy atom. The molecule has 0 aromatic heterocycles. The van der Waals surface area contributed by atoms with Crippen molar-refractivity contribution in [3.63, 3.8) is 0 Å². The van der Waals surface area contributed by atoms with E-state index in [0.29, 0.717) is 19.6 Å². The average Bonchev–Trinajstić information content (AvgIpc) is 2.59. The van der Waals surface area contributed by atoms with Gasteiger partial charge in [-0.05, 0) is 24.0 Å². The molecule has 22 heavy (non-hydrogen) atoms. The van der Waals surface area contributed by atoms with Crippen molar-refractivity contribution < 1.29 is 23.8 Å². The molecule has 1 aromatic carbocycles. The molecular formula is C16H19NO5. The lowest BCUT2D eigenvalue weighted by molar-refractivity contribution is -0.136. The lowest BCUT2D eigenvalue weighted by Gasteiger charge is -2.18. The monoisotopic (exact) mass is 305 g/mol. The predicted octanol–water partition coefficient (Wildman–Crippen LogP) is 2.15. The number of hydrogen-bond acceptors (Lipinski definition) is 5. The van der Waals surface area contributed by atoms with Crippen molar-refractivity contribution in [2.75, 3.05) is 20.3 Å². The summed E-state index contributed by atoms with van der Waals surface area (Å²) in [5.74, 6) is -0.600. The topological polar surface area (TPSA) is 73.9 Å². The first kappa shape index (κ1) is 16.0. The summed E-state index contributed by atoms with van der Waals surface area (Å²) in [6, 6.07) is 9.30. The maximum Gasteiger partial charge on any atom is 0.412 e. The van der Waals surface area contributed by atoms with Gasteiger partial charge in [0.05, 0.1) is 13.7 Å². The summed E-state index contributed by atoms with van der Waals surface area (Å²) in [6.45, 7) is 1.09. The molecule has 0 aliphatic carbocycles. The SMILES string of the molecule is COC(=O)/C(NC(=O)OCc1ccccc1)=C1\CCCOC1. The fraction of sp³-hybridized carbons (Fsp3) is 0.375. The molecule has 0 spiro atoms. The Labute approximate surface area is 129 Å². The quantitative estimate of drug-likeness (QED) is 0.681. The molecule has 1 heterocycles. The molecular weight excluding hydrogens is 286 g/mol. The van der Waals surface area contributed by atoms with E-state index in [1.54, 1.807) is 0 Å². The van der Waals surface area contributed by atoms with Crippen LogP contribution >= 0.6 is 0 Å². The molecule has 2 rings (SSSR count). The molecule has 0 saturated carbocycles. The lowest BCUT2D eigenvalue weighted by atomic mass is 10.1. The van der Waals surface area contributed by atoms with Gasteiger partial charge in [-0.2, -0.15) is 0 Å². The summed E-state index contributed by atoms with van der Waals surface area (Å²) in [5, 5.41) is 2.47. The Balaban J connectivity index is 1.97. The Morgan fingerprint density at radius 2 is 2.05 bits per heavy atom. The summed E-state index contributed by atoms with van der Waals surface area (Å²) < 4.78 is 15.1. The van der Waals surface area contributed by atoms with E-state index >= 15 is 0 Å². The van der Waals surface area contributed by atoms with Crippen LogP contribution in [0.25, 0.3) is 0 Å². The number of amides is 1. The first-order chi connectivity index (χ1) is 10.7. The van der Waals surface area contributed by atoms with Crippen LogP contribution in [0.5, 0.6) is 0 Å². The van der Waals surface area contributed by atoms with Crippen LogP contribution in [0, 0.1) is 0 Å². The average molecular weight is 305 g/mol. The molecule has 1 saturated heterocycles. The molecule has 1 amide bonds. The summed E-state index contributed by atoms with van der Waals surface area (Å²) in [7, 11) is 1.27. The summed E-state index contributed by atoms with van der Waals surface area (Å²) in [4.78, 5) is 23.7. The minimum atomic E-state index is -0.692. The van der Waals surface area contributed by atoms with Gasteiger partial charge in [-0.1, -0.05) is 30.3 Å². The van der Waals surface area contributed by atoms with Crippen LogP contribution < -0.4 is 5.32 Å². The molecule has 1 aliphatic rings. The third kappa shape index (κ3) is 4.60. The molecule has 1 fully saturated rings. The first-order valence-corrected chi connectivity index (χ1v) is 7.06. The highest BCUT2D eigenvalue weighted by molar-refractivity contribution is 5.93. The van der Waals surface area contributed by atoms with Gasteiger partial charge in [0.1, 0.15) is 12.3 Å². The minimum absolute atomic E-state index is 0.111. The van der Waals surface area contributed by atoms with Crippen molar-refractivity contribution in [2.24, 2.45) is 0 Å². The predicted molar refractivity (Wildman–Crippen MR) is 78.9 cm³/mol. The van der Waals surface area contributed by atoms with Crippen molar-refractivity contribution >= 4 is 12.1 Å². The van der Waals surface area contributed by atoms with Gasteiger partial charge in [-0.3, -0.25) is 5.32 Å². The normalized spacial score (nSPS) is 16.6. The van der Waals surface area contributed by atoms with E-state index in [1.165, 1.54) is 7.11 Å². The Kier molecular flexibility index (Phi) is 5.97. The van der Waals surface area contributed by atoms with Crippen molar-refractivity contribution in [1.82, 2.24) is 5.32 Å². The largest absolute Gasteiger partial charge is 0.464 e. The maximum atomic E-state index is 11.9. The number of carbonyl (C=O) groups excluding carboxylic acids is 2. The van der Waals surface area contributed by atoms with Gasteiger partial charge in [0.25, 0.3) is 0 Å². The Bertz CT molecular complexity index is 545. The van der Waals surface area contributed by atoms with Crippen molar-refractivity contribution in [1.29, 1.82) is 0 Å². The highest BCUT2D eigenvalue weighted by Crippen LogP contribution is 2.16. The highest BCUT2D eigenvalue weighted by Gasteiger charge is 2.21. The number of carbonyl (C=O) groups is 2. The third-order valence-corrected chi connectivity index (χ3v) is 3.23. The summed E-state index contributed by atoms with van der Waals surface area (Å²) >= 11 is 0. The Hall–Kier alpha value is -2.34. The molecule has 0 atom stereocenters. The summed E-state index contributed by atoms with van der Waals surface area (Å²) in [5.41, 5.74) is 1.70. The van der Waals surface area contributed by atoms with E-state index < -0.39 is 12.1 Å². The van der Waals surface area contributed by atoms with E-state index in [1.807, 2.05) is 30.3 Å². The van der Waals surface area contributed by atoms with Crippen LogP contribution in [0.2, 0.25) is 0 Å². The molecule has 1 aromatic rings. The van der Waals surface area contributed by atoms with Gasteiger partial charge in [0.2, 0.25) is 0 Å². The highest BCUT2D eigenvalue weighted by atomic mass is 16.6. The zero-order valence-corrected chi connectivity index (χ0v) is 12.5. The van der Waals surface area contributed by atoms with Crippen LogP contribution in [0.15, 0.2) is 41.6 Å². The molecule has 6 heteroatoms. The second-order valence-electron chi connectivity index (χ2n) is 4.81. The van der Waals surface area contributed by atoms with Gasteiger partial charge in [0.15, 0.2) is 0 Å². The maximum absolute atomic E-state index is 11.9. The van der Waals surface area contributed by atoms with E-state index in [2.05, 4.69) is 5.32 Å². The molecule has 1 N–H and O–H groups in total. The number of rotatable bonds is 4. The number of methoxy groups -OCH3 is 1. The van der Waals surface area contributed by atoms with Crippen LogP contribution in [0.1, 0.15) is 18.4 Å². The van der Waals surface area contributed by atoms with Crippen LogP contribution in [-0.2, 0) is 25.6 Å².